The van der Waals surface area contributed by atoms with Gasteiger partial charge in [-0.3, -0.25) is 4.79 Å². The van der Waals surface area contributed by atoms with Gasteiger partial charge in [-0.1, -0.05) is 29.6 Å². The Balaban J connectivity index is 1.24. The maximum atomic E-state index is 13.0. The molecule has 5 rings (SSSR count). The second-order valence-corrected chi connectivity index (χ2v) is 13.9. The number of nitrogens with zero attached hydrogens (tertiary/aromatic N) is 2. The summed E-state index contributed by atoms with van der Waals surface area (Å²) in [5.41, 5.74) is 1.07. The molecule has 0 unspecified atom stereocenters. The molecule has 0 bridgehead atoms. The van der Waals surface area contributed by atoms with Crippen LogP contribution in [0, 0.1) is 0 Å². The number of hydrogen-bond donors (Lipinski definition) is 4. The molecule has 2 aromatic carbocycles. The Bertz CT molecular complexity index is 1750. The molecule has 4 aromatic rings. The molecule has 10 nitrogen and oxygen atoms in total. The fraction of sp³-hybridized carbons (Fsp3) is 0.286. The molecule has 0 aliphatic carbocycles. The first-order valence-corrected chi connectivity index (χ1v) is 16.4. The van der Waals surface area contributed by atoms with Crippen LogP contribution in [0.15, 0.2) is 63.6 Å². The zero-order valence-corrected chi connectivity index (χ0v) is 25.5. The number of sulfonamides is 1. The normalized spacial score (nSPS) is 14.1. The summed E-state index contributed by atoms with van der Waals surface area (Å²) in [6, 6.07) is 13.1. The monoisotopic (exact) mass is 649 g/mol. The van der Waals surface area contributed by atoms with Crippen molar-refractivity contribution in [3.8, 4) is 11.6 Å². The number of rotatable bonds is 9. The maximum absolute atomic E-state index is 13.0. The predicted molar refractivity (Wildman–Crippen MR) is 168 cm³/mol. The van der Waals surface area contributed by atoms with Gasteiger partial charge in [0.25, 0.3) is 15.6 Å². The number of benzene rings is 2. The Hall–Kier alpha value is -3.29. The second-order valence-electron chi connectivity index (χ2n) is 9.92. The van der Waals surface area contributed by atoms with Crippen molar-refractivity contribution >= 4 is 72.7 Å². The lowest BCUT2D eigenvalue weighted by molar-refractivity contribution is 0.228. The Labute approximate surface area is 256 Å². The van der Waals surface area contributed by atoms with Gasteiger partial charge in [0.05, 0.1) is 10.7 Å². The average molecular weight is 651 g/mol. The Morgan fingerprint density at radius 2 is 1.69 bits per heavy atom. The van der Waals surface area contributed by atoms with E-state index < -0.39 is 21.6 Å². The van der Waals surface area contributed by atoms with Gasteiger partial charge < -0.3 is 20.6 Å². The minimum absolute atomic E-state index is 0.0703. The molecular formula is C28H29Cl2N5O5S2. The number of carbonyl (C=O) groups is 1. The van der Waals surface area contributed by atoms with E-state index in [2.05, 4.69) is 15.5 Å². The summed E-state index contributed by atoms with van der Waals surface area (Å²) in [5.74, 6) is -0.216. The van der Waals surface area contributed by atoms with E-state index in [0.29, 0.717) is 16.5 Å². The molecule has 2 aromatic heterocycles. The van der Waals surface area contributed by atoms with Crippen molar-refractivity contribution in [1.29, 1.82) is 0 Å². The number of urea groups is 1. The van der Waals surface area contributed by atoms with Crippen LogP contribution in [-0.2, 0) is 10.0 Å². The molecule has 0 saturated carbocycles. The van der Waals surface area contributed by atoms with Gasteiger partial charge in [0, 0.05) is 29.4 Å². The van der Waals surface area contributed by atoms with Gasteiger partial charge in [-0.05, 0) is 92.8 Å². The van der Waals surface area contributed by atoms with Crippen molar-refractivity contribution in [2.75, 3.05) is 36.8 Å². The van der Waals surface area contributed by atoms with Crippen LogP contribution in [-0.4, -0.2) is 55.2 Å². The van der Waals surface area contributed by atoms with Crippen LogP contribution in [0.1, 0.15) is 25.7 Å². The summed E-state index contributed by atoms with van der Waals surface area (Å²) in [7, 11) is -4.18. The number of amides is 2. The molecule has 0 radical (unpaired) electrons. The molecule has 0 spiro atoms. The van der Waals surface area contributed by atoms with E-state index in [9.17, 15) is 23.1 Å². The van der Waals surface area contributed by atoms with Crippen LogP contribution < -0.4 is 20.9 Å². The Morgan fingerprint density at radius 3 is 2.38 bits per heavy atom. The van der Waals surface area contributed by atoms with Gasteiger partial charge in [-0.2, -0.15) is 0 Å². The van der Waals surface area contributed by atoms with Gasteiger partial charge in [-0.15, -0.1) is 11.3 Å². The number of thiophene rings is 1. The summed E-state index contributed by atoms with van der Waals surface area (Å²) >= 11 is 12.4. The summed E-state index contributed by atoms with van der Waals surface area (Å²) in [4.78, 5) is 27.8. The van der Waals surface area contributed by atoms with Crippen LogP contribution in [0.25, 0.3) is 16.5 Å². The average Bonchev–Trinajstić information content (AvgIpc) is 3.31. The van der Waals surface area contributed by atoms with Gasteiger partial charge in [-0.25, -0.2) is 22.5 Å². The lowest BCUT2D eigenvalue weighted by Crippen LogP contribution is -2.33. The highest BCUT2D eigenvalue weighted by molar-refractivity contribution is 7.92. The van der Waals surface area contributed by atoms with Gasteiger partial charge in [0.15, 0.2) is 0 Å². The van der Waals surface area contributed by atoms with Crippen molar-refractivity contribution in [2.45, 2.75) is 29.9 Å². The van der Waals surface area contributed by atoms with E-state index in [1.165, 1.54) is 62.7 Å². The van der Waals surface area contributed by atoms with Gasteiger partial charge in [0.2, 0.25) is 5.88 Å². The summed E-state index contributed by atoms with van der Waals surface area (Å²) in [5, 5.41) is 18.0. The summed E-state index contributed by atoms with van der Waals surface area (Å²) < 4.78 is 27.8. The lowest BCUT2D eigenvalue weighted by atomic mass is 10.1. The molecule has 0 atom stereocenters. The SMILES string of the molecule is O=C(Nc1ccc(-n2c(O)c3ccc(NCCCN4CCCCC4)cc3cc2=O)cc1)NS(=O)(=O)c1cc(Cl)c(Cl)s1. The van der Waals surface area contributed by atoms with E-state index in [-0.39, 0.29) is 25.1 Å². The Morgan fingerprint density at radius 1 is 0.976 bits per heavy atom. The number of fused-ring (bicyclic) bond motifs is 1. The number of aromatic hydroxyl groups is 1. The molecular weight excluding hydrogens is 621 g/mol. The van der Waals surface area contributed by atoms with Crippen molar-refractivity contribution in [3.05, 3.63) is 74.3 Å². The number of pyridine rings is 1. The van der Waals surface area contributed by atoms with Crippen molar-refractivity contribution < 1.29 is 18.3 Å². The summed E-state index contributed by atoms with van der Waals surface area (Å²) in [6.07, 6.45) is 4.88. The molecule has 1 saturated heterocycles. The highest BCUT2D eigenvalue weighted by Crippen LogP contribution is 2.34. The molecule has 1 aliphatic rings. The molecule has 42 heavy (non-hydrogen) atoms. The summed E-state index contributed by atoms with van der Waals surface area (Å²) in [6.45, 7) is 4.21. The van der Waals surface area contributed by atoms with Crippen molar-refractivity contribution in [2.24, 2.45) is 0 Å². The fourth-order valence-electron chi connectivity index (χ4n) is 4.87. The third-order valence-electron chi connectivity index (χ3n) is 6.93. The second kappa shape index (κ2) is 12.9. The van der Waals surface area contributed by atoms with Gasteiger partial charge >= 0.3 is 6.03 Å². The number of anilines is 2. The first-order chi connectivity index (χ1) is 20.1. The largest absolute Gasteiger partial charge is 0.494 e. The number of hydrogen-bond acceptors (Lipinski definition) is 8. The van der Waals surface area contributed by atoms with E-state index in [0.717, 1.165) is 47.2 Å². The fourth-order valence-corrected chi connectivity index (χ4v) is 7.66. The molecule has 2 amide bonds. The number of nitrogens with one attached hydrogen (secondary N) is 3. The van der Waals surface area contributed by atoms with Crippen LogP contribution in [0.3, 0.4) is 0 Å². The third kappa shape index (κ3) is 7.01. The highest BCUT2D eigenvalue weighted by Gasteiger charge is 2.22. The predicted octanol–water partition coefficient (Wildman–Crippen LogP) is 5.86. The smallest absolute Gasteiger partial charge is 0.333 e. The molecule has 1 aliphatic heterocycles. The minimum atomic E-state index is -4.18. The molecule has 1 fully saturated rings. The topological polar surface area (TPSA) is 133 Å². The number of piperidine rings is 1. The number of likely N-dealkylation sites (tertiary alicyclic amines) is 1. The third-order valence-corrected chi connectivity index (χ3v) is 10.6. The molecule has 14 heteroatoms. The Kier molecular flexibility index (Phi) is 9.28. The first-order valence-electron chi connectivity index (χ1n) is 13.3. The number of halogens is 2. The van der Waals surface area contributed by atoms with Gasteiger partial charge in [0.1, 0.15) is 8.55 Å². The van der Waals surface area contributed by atoms with E-state index >= 15 is 0 Å². The zero-order chi connectivity index (χ0) is 29.9. The van der Waals surface area contributed by atoms with Crippen molar-refractivity contribution in [1.82, 2.24) is 14.2 Å². The minimum Gasteiger partial charge on any atom is -0.494 e. The van der Waals surface area contributed by atoms with E-state index in [4.69, 9.17) is 23.2 Å². The van der Waals surface area contributed by atoms with E-state index in [1.54, 1.807) is 6.07 Å². The lowest BCUT2D eigenvalue weighted by Gasteiger charge is -2.26. The molecule has 3 heterocycles. The highest BCUT2D eigenvalue weighted by atomic mass is 35.5. The van der Waals surface area contributed by atoms with E-state index in [1.807, 2.05) is 16.9 Å². The van der Waals surface area contributed by atoms with Crippen molar-refractivity contribution in [3.63, 3.8) is 0 Å². The maximum Gasteiger partial charge on any atom is 0.333 e. The van der Waals surface area contributed by atoms with Crippen LogP contribution in [0.2, 0.25) is 9.36 Å². The van der Waals surface area contributed by atoms with Crippen LogP contribution >= 0.6 is 34.5 Å². The zero-order valence-electron chi connectivity index (χ0n) is 22.4. The molecule has 222 valence electrons. The quantitative estimate of drug-likeness (QED) is 0.167. The standard InChI is InChI=1S/C28H29Cl2N5O5S2/c29-23-17-25(41-26(23)30)42(39,40)33-28(38)32-19-5-8-21(9-6-19)35-24(36)16-18-15-20(7-10-22(18)27(35)37)31-11-4-14-34-12-2-1-3-13-34/h5-10,15-17,31,37H,1-4,11-14H2,(H2,32,33,38). The number of aromatic nitrogens is 1. The van der Waals surface area contributed by atoms with Crippen LogP contribution in [0.4, 0.5) is 16.2 Å². The van der Waals surface area contributed by atoms with Crippen LogP contribution in [0.5, 0.6) is 5.88 Å². The molecule has 4 N–H and O–H groups in total. The number of carbonyl (C=O) groups excluding carboxylic acids is 1. The first kappa shape index (κ1) is 30.2.